The molecule has 0 unspecified atom stereocenters. The molecule has 0 spiro atoms. The summed E-state index contributed by atoms with van der Waals surface area (Å²) in [6.45, 7) is 6.48. The second-order valence-corrected chi connectivity index (χ2v) is 8.67. The Hall–Kier alpha value is -2.30. The lowest BCUT2D eigenvalue weighted by atomic mass is 10.00. The molecule has 2 nitrogen and oxygen atoms in total. The van der Waals surface area contributed by atoms with Crippen LogP contribution in [0.15, 0.2) is 97.3 Å². The van der Waals surface area contributed by atoms with Crippen LogP contribution in [0.2, 0.25) is 0 Å². The summed E-state index contributed by atoms with van der Waals surface area (Å²) < 4.78 is 4.66. The maximum atomic E-state index is 2.33. The van der Waals surface area contributed by atoms with Gasteiger partial charge in [0.05, 0.1) is 0 Å². The zero-order valence-electron chi connectivity index (χ0n) is 20.1. The molecule has 2 aromatic carbocycles. The van der Waals surface area contributed by atoms with E-state index >= 15 is 0 Å². The number of pyridine rings is 2. The van der Waals surface area contributed by atoms with Gasteiger partial charge in [0.2, 0.25) is 0 Å². The highest BCUT2D eigenvalue weighted by Crippen LogP contribution is 2.21. The fraction of sp³-hybridized carbons (Fsp3) is 0.267. The average molecular weight is 582 g/mol. The molecule has 34 heavy (non-hydrogen) atoms. The molecule has 178 valence electrons. The van der Waals surface area contributed by atoms with Crippen LogP contribution in [0.3, 0.4) is 0 Å². The fourth-order valence-electron chi connectivity index (χ4n) is 4.26. The molecular weight excluding hydrogens is 548 g/mol. The smallest absolute Gasteiger partial charge is 0.178 e. The van der Waals surface area contributed by atoms with E-state index in [0.29, 0.717) is 0 Å². The Morgan fingerprint density at radius 3 is 1.24 bits per heavy atom. The van der Waals surface area contributed by atoms with E-state index in [2.05, 4.69) is 120 Å². The van der Waals surface area contributed by atoms with Gasteiger partial charge in [0.1, 0.15) is 13.1 Å². The van der Waals surface area contributed by atoms with Crippen LogP contribution in [0.25, 0.3) is 11.1 Å². The third-order valence-corrected chi connectivity index (χ3v) is 6.31. The second kappa shape index (κ2) is 14.2. The summed E-state index contributed by atoms with van der Waals surface area (Å²) in [6, 6.07) is 30.9. The molecule has 0 fully saturated rings. The molecule has 0 amide bonds. The second-order valence-electron chi connectivity index (χ2n) is 8.67. The van der Waals surface area contributed by atoms with Gasteiger partial charge in [-0.05, 0) is 35.1 Å². The summed E-state index contributed by atoms with van der Waals surface area (Å²) >= 11 is 0. The van der Waals surface area contributed by atoms with Gasteiger partial charge in [-0.1, -0.05) is 60.7 Å². The summed E-state index contributed by atoms with van der Waals surface area (Å²) in [5.41, 5.74) is 8.05. The molecule has 0 N–H and O–H groups in total. The van der Waals surface area contributed by atoms with Gasteiger partial charge in [-0.25, -0.2) is 9.13 Å². The first-order chi connectivity index (χ1) is 15.7. The summed E-state index contributed by atoms with van der Waals surface area (Å²) in [5.74, 6) is 0. The minimum Gasteiger partial charge on any atom is -1.00 e. The van der Waals surface area contributed by atoms with Gasteiger partial charge < -0.3 is 34.0 Å². The van der Waals surface area contributed by atoms with Gasteiger partial charge in [-0.2, -0.15) is 0 Å². The number of hydrogen-bond donors (Lipinski definition) is 0. The van der Waals surface area contributed by atoms with Crippen molar-refractivity contribution in [3.05, 3.63) is 120 Å². The van der Waals surface area contributed by atoms with Crippen LogP contribution < -0.4 is 43.1 Å². The van der Waals surface area contributed by atoms with E-state index in [4.69, 9.17) is 0 Å². The largest absolute Gasteiger partial charge is 1.00 e. The minimum atomic E-state index is 0. The third kappa shape index (κ3) is 7.89. The van der Waals surface area contributed by atoms with E-state index < -0.39 is 0 Å². The van der Waals surface area contributed by atoms with Gasteiger partial charge in [-0.3, -0.25) is 0 Å². The number of nitrogens with zero attached hydrogens (tertiary/aromatic N) is 2. The number of hydrogen-bond acceptors (Lipinski definition) is 0. The molecule has 0 aliphatic rings. The van der Waals surface area contributed by atoms with Gasteiger partial charge in [0.15, 0.2) is 23.8 Å². The van der Waals surface area contributed by atoms with E-state index in [9.17, 15) is 0 Å². The molecular formula is C30H34Br2N2. The van der Waals surface area contributed by atoms with E-state index in [1.54, 1.807) is 0 Å². The first-order valence-corrected chi connectivity index (χ1v) is 11.8. The average Bonchev–Trinajstić information content (AvgIpc) is 2.83. The Kier molecular flexibility index (Phi) is 11.7. The van der Waals surface area contributed by atoms with Crippen molar-refractivity contribution in [2.24, 2.45) is 0 Å². The van der Waals surface area contributed by atoms with Gasteiger partial charge in [0, 0.05) is 51.0 Å². The van der Waals surface area contributed by atoms with Gasteiger partial charge in [0.25, 0.3) is 0 Å². The summed E-state index contributed by atoms with van der Waals surface area (Å²) in [6.07, 6.45) is 8.88. The molecule has 2 aromatic heterocycles. The van der Waals surface area contributed by atoms with Crippen molar-refractivity contribution in [1.29, 1.82) is 0 Å². The molecule has 4 aromatic rings. The normalized spacial score (nSPS) is 10.3. The Labute approximate surface area is 225 Å². The van der Waals surface area contributed by atoms with Crippen LogP contribution in [0, 0.1) is 13.8 Å². The van der Waals surface area contributed by atoms with Crippen molar-refractivity contribution in [2.75, 3.05) is 0 Å². The number of halogens is 2. The number of rotatable bonds is 9. The van der Waals surface area contributed by atoms with Crippen LogP contribution in [0.1, 0.15) is 35.4 Å². The first-order valence-electron chi connectivity index (χ1n) is 11.8. The maximum absolute atomic E-state index is 2.33. The monoisotopic (exact) mass is 580 g/mol. The molecule has 0 aliphatic carbocycles. The highest BCUT2D eigenvalue weighted by molar-refractivity contribution is 5.63. The lowest BCUT2D eigenvalue weighted by molar-refractivity contribution is -0.703. The van der Waals surface area contributed by atoms with E-state index in [1.165, 1.54) is 33.6 Å². The third-order valence-electron chi connectivity index (χ3n) is 6.31. The van der Waals surface area contributed by atoms with E-state index in [0.717, 1.165) is 38.8 Å². The topological polar surface area (TPSA) is 7.76 Å². The van der Waals surface area contributed by atoms with Crippen LogP contribution >= 0.6 is 0 Å². The van der Waals surface area contributed by atoms with Crippen LogP contribution in [-0.2, 0) is 25.9 Å². The van der Waals surface area contributed by atoms with E-state index in [-0.39, 0.29) is 34.0 Å². The lowest BCUT2D eigenvalue weighted by Crippen LogP contribution is -3.00. The summed E-state index contributed by atoms with van der Waals surface area (Å²) in [5, 5.41) is 0. The molecule has 0 saturated heterocycles. The summed E-state index contributed by atoms with van der Waals surface area (Å²) in [7, 11) is 0. The first kappa shape index (κ1) is 27.9. The fourth-order valence-corrected chi connectivity index (χ4v) is 4.26. The molecule has 4 rings (SSSR count). The van der Waals surface area contributed by atoms with Crippen LogP contribution in [0.4, 0.5) is 0 Å². The van der Waals surface area contributed by atoms with Crippen LogP contribution in [0.5, 0.6) is 0 Å². The molecule has 0 atom stereocenters. The quantitative estimate of drug-likeness (QED) is 0.242. The zero-order chi connectivity index (χ0) is 22.2. The van der Waals surface area contributed by atoms with Crippen molar-refractivity contribution in [3.63, 3.8) is 0 Å². The minimum absolute atomic E-state index is 0. The zero-order valence-corrected chi connectivity index (χ0v) is 23.3. The highest BCUT2D eigenvalue weighted by atomic mass is 79.9. The van der Waals surface area contributed by atoms with Crippen LogP contribution in [-0.4, -0.2) is 0 Å². The Bertz CT molecular complexity index is 1050. The van der Waals surface area contributed by atoms with Crippen molar-refractivity contribution in [3.8, 4) is 11.1 Å². The van der Waals surface area contributed by atoms with Crippen molar-refractivity contribution < 1.29 is 43.1 Å². The van der Waals surface area contributed by atoms with Crippen molar-refractivity contribution >= 4 is 0 Å². The molecule has 0 bridgehead atoms. The van der Waals surface area contributed by atoms with E-state index in [1.807, 2.05) is 0 Å². The predicted molar refractivity (Wildman–Crippen MR) is 131 cm³/mol. The van der Waals surface area contributed by atoms with Gasteiger partial charge >= 0.3 is 0 Å². The molecule has 4 heteroatoms. The molecule has 0 radical (unpaired) electrons. The summed E-state index contributed by atoms with van der Waals surface area (Å²) in [4.78, 5) is 0. The number of aromatic nitrogens is 2. The molecule has 0 aliphatic heterocycles. The molecule has 0 saturated carbocycles. The van der Waals surface area contributed by atoms with Crippen molar-refractivity contribution in [1.82, 2.24) is 0 Å². The standard InChI is InChI=1S/C30H34N2.2BrH/c1-25-9-3-5-21-31(25)23-7-11-27-13-17-29(18-14-27)30-19-15-28(16-20-30)12-8-24-32-22-6-4-10-26(32)2;;/h3-6,9-10,13-22H,7-8,11-12,23-24H2,1-2H3;2*1H/q+2;;/p-2. The number of aryl methyl sites for hydroxylation is 6. The predicted octanol–water partition coefficient (Wildman–Crippen LogP) is -0.181. The lowest BCUT2D eigenvalue weighted by Gasteiger charge is -2.06. The molecule has 2 heterocycles. The maximum Gasteiger partial charge on any atom is 0.178 e. The SMILES string of the molecule is Cc1cccc[n+]1CCCc1ccc(-c2ccc(CCC[n+]3ccccc3C)cc2)cc1.[Br-].[Br-]. The Balaban J connectivity index is 0.00000204. The van der Waals surface area contributed by atoms with Crippen molar-refractivity contribution in [2.45, 2.75) is 52.6 Å². The van der Waals surface area contributed by atoms with Gasteiger partial charge in [-0.15, -0.1) is 0 Å². The Morgan fingerprint density at radius 1 is 0.500 bits per heavy atom. The Morgan fingerprint density at radius 2 is 0.882 bits per heavy atom. The highest BCUT2D eigenvalue weighted by Gasteiger charge is 2.06. The number of benzene rings is 2.